The highest BCUT2D eigenvalue weighted by Crippen LogP contribution is 2.14. The molecule has 0 radical (unpaired) electrons. The van der Waals surface area contributed by atoms with E-state index in [1.54, 1.807) is 13.8 Å². The van der Waals surface area contributed by atoms with E-state index in [4.69, 9.17) is 0 Å². The molecule has 1 aromatic carbocycles. The van der Waals surface area contributed by atoms with Crippen LogP contribution in [0, 0.1) is 16.8 Å². The molecule has 0 atom stereocenters. The van der Waals surface area contributed by atoms with Crippen molar-refractivity contribution < 1.29 is 13.5 Å². The van der Waals surface area contributed by atoms with Gasteiger partial charge >= 0.3 is 0 Å². The van der Waals surface area contributed by atoms with Crippen LogP contribution in [0.1, 0.15) is 32.8 Å². The van der Waals surface area contributed by atoms with Gasteiger partial charge in [-0.15, -0.1) is 0 Å². The Morgan fingerprint density at radius 3 is 2.50 bits per heavy atom. The minimum atomic E-state index is -0.729. The van der Waals surface area contributed by atoms with E-state index in [0.717, 1.165) is 18.3 Å². The Morgan fingerprint density at radius 2 is 2.00 bits per heavy atom. The number of halogens is 2. The fraction of sp³-hybridized carbons (Fsp3) is 0.417. The van der Waals surface area contributed by atoms with Crippen LogP contribution in [0.5, 0.6) is 0 Å². The first-order chi connectivity index (χ1) is 7.36. The Hall–Kier alpha value is -1.45. The van der Waals surface area contributed by atoms with Crippen LogP contribution in [0.4, 0.5) is 8.78 Å². The largest absolute Gasteiger partial charge is 0.623 e. The first-order valence-corrected chi connectivity index (χ1v) is 5.13. The van der Waals surface area contributed by atoms with Crippen LogP contribution in [-0.4, -0.2) is 16.5 Å². The van der Waals surface area contributed by atoms with Crippen molar-refractivity contribution in [1.82, 2.24) is 0 Å². The number of benzene rings is 1. The number of nitrogens with zero attached hydrogens (tertiary/aromatic N) is 1. The second-order valence-corrected chi connectivity index (χ2v) is 4.29. The van der Waals surface area contributed by atoms with Gasteiger partial charge in [0.25, 0.3) is 0 Å². The predicted molar refractivity (Wildman–Crippen MR) is 59.5 cm³/mol. The lowest BCUT2D eigenvalue weighted by atomic mass is 10.0. The Labute approximate surface area is 93.8 Å². The highest BCUT2D eigenvalue weighted by Gasteiger charge is 2.23. The monoisotopic (exact) mass is 227 g/mol. The number of hydrogen-bond acceptors (Lipinski definition) is 1. The molecule has 0 saturated heterocycles. The number of hydroxylamine groups is 1. The Bertz CT molecular complexity index is 413. The van der Waals surface area contributed by atoms with Gasteiger partial charge in [0, 0.05) is 26.3 Å². The van der Waals surface area contributed by atoms with E-state index in [1.165, 1.54) is 6.07 Å². The zero-order valence-electron chi connectivity index (χ0n) is 9.63. The van der Waals surface area contributed by atoms with Crippen molar-refractivity contribution in [3.05, 3.63) is 40.6 Å². The highest BCUT2D eigenvalue weighted by atomic mass is 19.1. The van der Waals surface area contributed by atoms with Gasteiger partial charge in [0.15, 0.2) is 11.8 Å². The van der Waals surface area contributed by atoms with Gasteiger partial charge in [0.1, 0.15) is 11.6 Å². The average Bonchev–Trinajstić information content (AvgIpc) is 2.22. The molecule has 0 heterocycles. The molecule has 0 aromatic heterocycles. The summed E-state index contributed by atoms with van der Waals surface area (Å²) >= 11 is 0. The molecule has 4 heteroatoms. The molecule has 0 amide bonds. The minimum absolute atomic E-state index is 0.0953. The Kier molecular flexibility index (Phi) is 3.62. The highest BCUT2D eigenvalue weighted by molar-refractivity contribution is 5.76. The van der Waals surface area contributed by atoms with Crippen LogP contribution in [0.3, 0.4) is 0 Å². The second kappa shape index (κ2) is 4.60. The van der Waals surface area contributed by atoms with Crippen LogP contribution < -0.4 is 0 Å². The average molecular weight is 227 g/mol. The summed E-state index contributed by atoms with van der Waals surface area (Å²) < 4.78 is 26.6. The Balaban J connectivity index is 3.08. The molecular formula is C12H15F2NO. The van der Waals surface area contributed by atoms with E-state index >= 15 is 0 Å². The molecule has 1 aromatic rings. The standard InChI is InChI=1S/C12H15F2NO/c1-4-12(2,3)15(16)8-9-5-6-10(13)7-11(9)14/h5-8H,4H2,1-3H3. The second-order valence-electron chi connectivity index (χ2n) is 4.29. The molecule has 0 bridgehead atoms. The lowest BCUT2D eigenvalue weighted by Gasteiger charge is -2.22. The smallest absolute Gasteiger partial charge is 0.185 e. The molecule has 0 spiro atoms. The topological polar surface area (TPSA) is 26.1 Å². The van der Waals surface area contributed by atoms with Gasteiger partial charge in [-0.2, -0.15) is 0 Å². The molecule has 16 heavy (non-hydrogen) atoms. The van der Waals surface area contributed by atoms with E-state index in [1.807, 2.05) is 6.92 Å². The maximum Gasteiger partial charge on any atom is 0.185 e. The summed E-state index contributed by atoms with van der Waals surface area (Å²) in [5.41, 5.74) is -0.501. The van der Waals surface area contributed by atoms with E-state index in [0.29, 0.717) is 11.2 Å². The van der Waals surface area contributed by atoms with E-state index in [-0.39, 0.29) is 5.56 Å². The molecule has 0 N–H and O–H groups in total. The van der Waals surface area contributed by atoms with Crippen molar-refractivity contribution in [2.45, 2.75) is 32.7 Å². The first-order valence-electron chi connectivity index (χ1n) is 5.13. The molecule has 0 fully saturated rings. The molecule has 1 rings (SSSR count). The number of hydrogen-bond donors (Lipinski definition) is 0. The van der Waals surface area contributed by atoms with Gasteiger partial charge in [-0.25, -0.2) is 13.5 Å². The summed E-state index contributed by atoms with van der Waals surface area (Å²) in [6.45, 7) is 5.40. The van der Waals surface area contributed by atoms with E-state index in [9.17, 15) is 14.0 Å². The molecule has 0 saturated carbocycles. The third-order valence-electron chi connectivity index (χ3n) is 2.68. The first kappa shape index (κ1) is 12.6. The van der Waals surface area contributed by atoms with Crippen molar-refractivity contribution in [3.63, 3.8) is 0 Å². The van der Waals surface area contributed by atoms with Crippen molar-refractivity contribution >= 4 is 6.21 Å². The molecule has 2 nitrogen and oxygen atoms in total. The molecule has 0 unspecified atom stereocenters. The quantitative estimate of drug-likeness (QED) is 0.337. The van der Waals surface area contributed by atoms with Crippen LogP contribution in [0.15, 0.2) is 18.2 Å². The van der Waals surface area contributed by atoms with Crippen LogP contribution in [0.2, 0.25) is 0 Å². The van der Waals surface area contributed by atoms with Gasteiger partial charge < -0.3 is 5.21 Å². The van der Waals surface area contributed by atoms with Crippen LogP contribution in [-0.2, 0) is 0 Å². The molecular weight excluding hydrogens is 212 g/mol. The van der Waals surface area contributed by atoms with Crippen LogP contribution >= 0.6 is 0 Å². The van der Waals surface area contributed by atoms with Gasteiger partial charge in [-0.3, -0.25) is 0 Å². The normalized spacial score (nSPS) is 12.9. The summed E-state index contributed by atoms with van der Waals surface area (Å²) in [4.78, 5) is 0. The van der Waals surface area contributed by atoms with Gasteiger partial charge in [-0.1, -0.05) is 6.92 Å². The van der Waals surface area contributed by atoms with Gasteiger partial charge in [0.2, 0.25) is 0 Å². The van der Waals surface area contributed by atoms with Crippen molar-refractivity contribution in [2.24, 2.45) is 0 Å². The zero-order chi connectivity index (χ0) is 12.3. The van der Waals surface area contributed by atoms with Gasteiger partial charge in [-0.05, 0) is 12.1 Å². The summed E-state index contributed by atoms with van der Waals surface area (Å²) in [6, 6.07) is 3.14. The van der Waals surface area contributed by atoms with E-state index in [2.05, 4.69) is 0 Å². The third kappa shape index (κ3) is 2.78. The zero-order valence-corrected chi connectivity index (χ0v) is 9.63. The SMILES string of the molecule is CCC(C)(C)[N+]([O-])=Cc1ccc(F)cc1F. The fourth-order valence-corrected chi connectivity index (χ4v) is 1.06. The number of rotatable bonds is 3. The summed E-state index contributed by atoms with van der Waals surface area (Å²) in [7, 11) is 0. The lowest BCUT2D eigenvalue weighted by Crippen LogP contribution is -2.32. The van der Waals surface area contributed by atoms with Crippen molar-refractivity contribution in [2.75, 3.05) is 0 Å². The van der Waals surface area contributed by atoms with Crippen molar-refractivity contribution in [3.8, 4) is 0 Å². The predicted octanol–water partition coefficient (Wildman–Crippen LogP) is 3.08. The van der Waals surface area contributed by atoms with E-state index < -0.39 is 17.2 Å². The summed E-state index contributed by atoms with van der Waals surface area (Å²) in [5.74, 6) is -1.38. The fourth-order valence-electron chi connectivity index (χ4n) is 1.06. The Morgan fingerprint density at radius 1 is 1.38 bits per heavy atom. The molecule has 88 valence electrons. The van der Waals surface area contributed by atoms with Gasteiger partial charge in [0.05, 0.1) is 5.56 Å². The minimum Gasteiger partial charge on any atom is -0.623 e. The summed E-state index contributed by atoms with van der Waals surface area (Å²) in [6.07, 6.45) is 1.79. The van der Waals surface area contributed by atoms with Crippen molar-refractivity contribution in [1.29, 1.82) is 0 Å². The summed E-state index contributed by atoms with van der Waals surface area (Å²) in [5, 5.41) is 11.7. The molecule has 0 aliphatic heterocycles. The van der Waals surface area contributed by atoms with Crippen LogP contribution in [0.25, 0.3) is 0 Å². The maximum atomic E-state index is 13.3. The third-order valence-corrected chi connectivity index (χ3v) is 2.68. The molecule has 0 aliphatic rings. The maximum absolute atomic E-state index is 13.3. The lowest BCUT2D eigenvalue weighted by molar-refractivity contribution is -0.536. The molecule has 0 aliphatic carbocycles.